The summed E-state index contributed by atoms with van der Waals surface area (Å²) < 4.78 is 4.72. The Kier molecular flexibility index (Phi) is 2.51. The molecule has 68 valence electrons. The second kappa shape index (κ2) is 3.42. The predicted octanol–water partition coefficient (Wildman–Crippen LogP) is -0.691. The number of hydroxylamine groups is 2. The van der Waals surface area contributed by atoms with Crippen LogP contribution in [0.1, 0.15) is 6.42 Å². The van der Waals surface area contributed by atoms with Crippen LogP contribution in [0.3, 0.4) is 0 Å². The van der Waals surface area contributed by atoms with Crippen LogP contribution in [0.25, 0.3) is 0 Å². The first-order valence-electron chi connectivity index (χ1n) is 3.36. The number of ether oxygens (including phenoxy) is 1. The molecule has 12 heavy (non-hydrogen) atoms. The number of carboxylic acids is 1. The molecule has 0 spiro atoms. The molecule has 0 bridgehead atoms. The minimum Gasteiger partial charge on any atom is -0.480 e. The predicted molar refractivity (Wildman–Crippen MR) is 37.9 cm³/mol. The molecule has 0 fully saturated rings. The highest BCUT2D eigenvalue weighted by Crippen LogP contribution is 2.14. The van der Waals surface area contributed by atoms with Crippen molar-refractivity contribution in [1.82, 2.24) is 5.06 Å². The Morgan fingerprint density at radius 1 is 1.92 bits per heavy atom. The first-order chi connectivity index (χ1) is 5.61. The van der Waals surface area contributed by atoms with Gasteiger partial charge < -0.3 is 15.6 Å². The van der Waals surface area contributed by atoms with E-state index in [9.17, 15) is 4.79 Å². The molecule has 0 aliphatic carbocycles. The lowest BCUT2D eigenvalue weighted by Crippen LogP contribution is -2.32. The molecule has 0 radical (unpaired) electrons. The molecule has 0 saturated heterocycles. The normalized spacial score (nSPS) is 18.5. The van der Waals surface area contributed by atoms with Crippen molar-refractivity contribution in [1.29, 1.82) is 0 Å². The Morgan fingerprint density at radius 3 is 3.00 bits per heavy atom. The second-order valence-corrected chi connectivity index (χ2v) is 2.45. The average Bonchev–Trinajstić information content (AvgIpc) is 2.36. The van der Waals surface area contributed by atoms with Gasteiger partial charge in [-0.25, -0.2) is 5.06 Å². The summed E-state index contributed by atoms with van der Waals surface area (Å²) in [5.41, 5.74) is 5.60. The van der Waals surface area contributed by atoms with Gasteiger partial charge in [0.15, 0.2) is 6.73 Å². The second-order valence-electron chi connectivity index (χ2n) is 2.45. The number of aliphatic carboxylic acids is 1. The number of carbonyl (C=O) groups is 1. The molecule has 1 heterocycles. The summed E-state index contributed by atoms with van der Waals surface area (Å²) in [4.78, 5) is 10.3. The molecule has 0 saturated carbocycles. The topological polar surface area (TPSA) is 96.0 Å². The van der Waals surface area contributed by atoms with Gasteiger partial charge in [-0.05, 0) is 0 Å². The minimum atomic E-state index is -1.10. The molecule has 1 unspecified atom stereocenters. The van der Waals surface area contributed by atoms with E-state index in [0.29, 0.717) is 5.70 Å². The van der Waals surface area contributed by atoms with E-state index in [1.807, 2.05) is 0 Å². The van der Waals surface area contributed by atoms with Crippen molar-refractivity contribution < 1.29 is 19.8 Å². The molecular weight excluding hydrogens is 164 g/mol. The van der Waals surface area contributed by atoms with Crippen molar-refractivity contribution in [2.75, 3.05) is 6.73 Å². The highest BCUT2D eigenvalue weighted by molar-refractivity contribution is 5.73. The van der Waals surface area contributed by atoms with Crippen LogP contribution in [0.15, 0.2) is 12.0 Å². The molecule has 0 aromatic carbocycles. The van der Waals surface area contributed by atoms with E-state index in [-0.39, 0.29) is 13.2 Å². The Bertz CT molecular complexity index is 216. The summed E-state index contributed by atoms with van der Waals surface area (Å²) in [5.74, 6) is -1.10. The van der Waals surface area contributed by atoms with Crippen molar-refractivity contribution in [2.24, 2.45) is 5.73 Å². The van der Waals surface area contributed by atoms with Crippen LogP contribution < -0.4 is 5.73 Å². The number of rotatable bonds is 3. The standard InChI is InChI=1S/C6H10N2O4/c7-5(6(9)10)1-4-2-12-3-8(4)11/h2,5,11H,1,3,7H2,(H,9,10). The molecular formula is C6H10N2O4. The van der Waals surface area contributed by atoms with Gasteiger partial charge in [-0.15, -0.1) is 0 Å². The lowest BCUT2D eigenvalue weighted by Gasteiger charge is -2.12. The van der Waals surface area contributed by atoms with Gasteiger partial charge in [-0.1, -0.05) is 0 Å². The van der Waals surface area contributed by atoms with E-state index in [2.05, 4.69) is 0 Å². The molecule has 0 amide bonds. The summed E-state index contributed by atoms with van der Waals surface area (Å²) in [7, 11) is 0. The molecule has 4 N–H and O–H groups in total. The molecule has 1 aliphatic rings. The summed E-state index contributed by atoms with van der Waals surface area (Å²) in [6.45, 7) is 0.0294. The Balaban J connectivity index is 2.45. The molecule has 6 heteroatoms. The van der Waals surface area contributed by atoms with Gasteiger partial charge in [-0.2, -0.15) is 0 Å². The lowest BCUT2D eigenvalue weighted by molar-refractivity contribution is -0.139. The van der Waals surface area contributed by atoms with Gasteiger partial charge in [0.1, 0.15) is 12.3 Å². The number of hydrogen-bond donors (Lipinski definition) is 3. The van der Waals surface area contributed by atoms with Crippen molar-refractivity contribution in [3.8, 4) is 0 Å². The third kappa shape index (κ3) is 1.86. The van der Waals surface area contributed by atoms with Gasteiger partial charge in [0.25, 0.3) is 0 Å². The fourth-order valence-electron chi connectivity index (χ4n) is 0.814. The van der Waals surface area contributed by atoms with Crippen LogP contribution >= 0.6 is 0 Å². The van der Waals surface area contributed by atoms with Crippen LogP contribution in [-0.4, -0.2) is 34.1 Å². The monoisotopic (exact) mass is 174 g/mol. The maximum Gasteiger partial charge on any atom is 0.320 e. The zero-order valence-electron chi connectivity index (χ0n) is 6.30. The number of nitrogens with two attached hydrogens (primary N) is 1. The van der Waals surface area contributed by atoms with Gasteiger partial charge in [0.05, 0.1) is 5.70 Å². The maximum atomic E-state index is 10.3. The highest BCUT2D eigenvalue weighted by atomic mass is 16.6. The molecule has 6 nitrogen and oxygen atoms in total. The Hall–Kier alpha value is -1.27. The van der Waals surface area contributed by atoms with Crippen LogP contribution in [0.2, 0.25) is 0 Å². The number of nitrogens with zero attached hydrogens (tertiary/aromatic N) is 1. The lowest BCUT2D eigenvalue weighted by atomic mass is 10.2. The first-order valence-corrected chi connectivity index (χ1v) is 3.36. The molecule has 1 rings (SSSR count). The number of carboxylic acid groups (broad SMARTS) is 1. The third-order valence-electron chi connectivity index (χ3n) is 1.49. The van der Waals surface area contributed by atoms with E-state index >= 15 is 0 Å². The summed E-state index contributed by atoms with van der Waals surface area (Å²) >= 11 is 0. The van der Waals surface area contributed by atoms with E-state index in [1.54, 1.807) is 0 Å². The fraction of sp³-hybridized carbons (Fsp3) is 0.500. The highest BCUT2D eigenvalue weighted by Gasteiger charge is 2.20. The van der Waals surface area contributed by atoms with Crippen LogP contribution in [0.5, 0.6) is 0 Å². The fourth-order valence-corrected chi connectivity index (χ4v) is 0.814. The van der Waals surface area contributed by atoms with E-state index < -0.39 is 12.0 Å². The van der Waals surface area contributed by atoms with Crippen LogP contribution in [-0.2, 0) is 9.53 Å². The number of hydrogen-bond acceptors (Lipinski definition) is 5. The zero-order chi connectivity index (χ0) is 9.14. The first kappa shape index (κ1) is 8.82. The van der Waals surface area contributed by atoms with Gasteiger partial charge >= 0.3 is 5.97 Å². The van der Waals surface area contributed by atoms with Gasteiger partial charge in [0, 0.05) is 6.42 Å². The SMILES string of the molecule is NC(CC1=COCN1O)C(=O)O. The van der Waals surface area contributed by atoms with Crippen molar-refractivity contribution in [3.05, 3.63) is 12.0 Å². The Morgan fingerprint density at radius 2 is 2.58 bits per heavy atom. The Labute approximate surface area is 68.8 Å². The largest absolute Gasteiger partial charge is 0.480 e. The van der Waals surface area contributed by atoms with Crippen molar-refractivity contribution in [2.45, 2.75) is 12.5 Å². The van der Waals surface area contributed by atoms with Crippen molar-refractivity contribution >= 4 is 5.97 Å². The quantitative estimate of drug-likeness (QED) is 0.524. The summed E-state index contributed by atoms with van der Waals surface area (Å²) in [6.07, 6.45) is 1.36. The summed E-state index contributed by atoms with van der Waals surface area (Å²) in [6, 6.07) is -1.01. The average molecular weight is 174 g/mol. The third-order valence-corrected chi connectivity index (χ3v) is 1.49. The van der Waals surface area contributed by atoms with Crippen LogP contribution in [0, 0.1) is 0 Å². The molecule has 0 aromatic rings. The minimum absolute atomic E-state index is 0.0294. The zero-order valence-corrected chi connectivity index (χ0v) is 6.30. The van der Waals surface area contributed by atoms with E-state index in [0.717, 1.165) is 5.06 Å². The van der Waals surface area contributed by atoms with Crippen LogP contribution in [0.4, 0.5) is 0 Å². The molecule has 0 aromatic heterocycles. The van der Waals surface area contributed by atoms with E-state index in [4.69, 9.17) is 20.8 Å². The van der Waals surface area contributed by atoms with Gasteiger partial charge in [0.2, 0.25) is 0 Å². The molecule has 1 atom stereocenters. The maximum absolute atomic E-state index is 10.3. The smallest absolute Gasteiger partial charge is 0.320 e. The molecule has 1 aliphatic heterocycles. The van der Waals surface area contributed by atoms with Crippen molar-refractivity contribution in [3.63, 3.8) is 0 Å². The summed E-state index contributed by atoms with van der Waals surface area (Å²) in [5, 5.41) is 18.3. The van der Waals surface area contributed by atoms with E-state index in [1.165, 1.54) is 6.26 Å². The van der Waals surface area contributed by atoms with Gasteiger partial charge in [-0.3, -0.25) is 10.0 Å².